The fourth-order valence-corrected chi connectivity index (χ4v) is 2.94. The molecule has 3 fully saturated rings. The maximum atomic E-state index is 5.31. The van der Waals surface area contributed by atoms with Crippen LogP contribution in [-0.2, 0) is 14.5 Å². The van der Waals surface area contributed by atoms with Crippen molar-refractivity contribution in [1.29, 1.82) is 0 Å². The van der Waals surface area contributed by atoms with Gasteiger partial charge in [0, 0.05) is 7.11 Å². The maximum absolute atomic E-state index is 5.31. The van der Waals surface area contributed by atoms with Crippen molar-refractivity contribution in [1.82, 2.24) is 0 Å². The number of hydrogen-bond acceptors (Lipinski definition) is 3. The Hall–Kier alpha value is -0.380. The summed E-state index contributed by atoms with van der Waals surface area (Å²) in [6.45, 7) is 8.97. The van der Waals surface area contributed by atoms with Gasteiger partial charge in [0.1, 0.15) is 6.10 Å². The zero-order chi connectivity index (χ0) is 11.1. The van der Waals surface area contributed by atoms with Gasteiger partial charge in [-0.2, -0.15) is 0 Å². The summed E-state index contributed by atoms with van der Waals surface area (Å²) >= 11 is 0. The molecule has 0 radical (unpaired) electrons. The number of ether oxygens (including phenoxy) is 1. The summed E-state index contributed by atoms with van der Waals surface area (Å²) in [6, 6.07) is 0. The van der Waals surface area contributed by atoms with E-state index < -0.39 is 0 Å². The molecule has 3 aliphatic carbocycles. The normalized spacial score (nSPS) is 37.5. The molecule has 3 heteroatoms. The first-order chi connectivity index (χ1) is 7.07. The van der Waals surface area contributed by atoms with Crippen molar-refractivity contribution < 1.29 is 14.5 Å². The highest BCUT2D eigenvalue weighted by molar-refractivity contribution is 5.23. The Balaban J connectivity index is 1.88. The second-order valence-electron chi connectivity index (χ2n) is 5.23. The van der Waals surface area contributed by atoms with Crippen molar-refractivity contribution in [3.05, 3.63) is 12.2 Å². The van der Waals surface area contributed by atoms with Crippen LogP contribution in [0.1, 0.15) is 26.7 Å². The molecule has 3 aliphatic rings. The molecule has 3 atom stereocenters. The molecule has 0 aromatic heterocycles. The quantitative estimate of drug-likeness (QED) is 0.236. The van der Waals surface area contributed by atoms with Crippen LogP contribution in [0.4, 0.5) is 0 Å². The summed E-state index contributed by atoms with van der Waals surface area (Å²) in [4.78, 5) is 10.3. The summed E-state index contributed by atoms with van der Waals surface area (Å²) in [5, 5.41) is 0. The molecule has 3 nitrogen and oxygen atoms in total. The Morgan fingerprint density at radius 1 is 1.40 bits per heavy atom. The van der Waals surface area contributed by atoms with Crippen molar-refractivity contribution >= 4 is 0 Å². The van der Waals surface area contributed by atoms with Crippen LogP contribution in [0.15, 0.2) is 12.2 Å². The lowest BCUT2D eigenvalue weighted by Gasteiger charge is -2.59. The molecule has 0 spiro atoms. The van der Waals surface area contributed by atoms with E-state index in [1.807, 2.05) is 0 Å². The molecule has 0 N–H and O–H groups in total. The molecule has 3 rings (SSSR count). The van der Waals surface area contributed by atoms with Gasteiger partial charge in [0.2, 0.25) is 0 Å². The maximum Gasteiger partial charge on any atom is 0.180 e. The van der Waals surface area contributed by atoms with Gasteiger partial charge in [-0.3, -0.25) is 0 Å². The molecule has 2 bridgehead atoms. The van der Waals surface area contributed by atoms with Gasteiger partial charge in [0.15, 0.2) is 6.79 Å². The first-order valence-electron chi connectivity index (χ1n) is 5.53. The second kappa shape index (κ2) is 3.89. The van der Waals surface area contributed by atoms with Gasteiger partial charge in [0.25, 0.3) is 0 Å². The SMILES string of the molecule is C=C1C(OOCOC)CC2CC1C2(C)C. The smallest absolute Gasteiger partial charge is 0.180 e. The summed E-state index contributed by atoms with van der Waals surface area (Å²) in [5.41, 5.74) is 1.61. The highest BCUT2D eigenvalue weighted by Crippen LogP contribution is 2.61. The number of fused-ring (bicyclic) bond motifs is 2. The van der Waals surface area contributed by atoms with E-state index in [0.717, 1.165) is 12.3 Å². The third-order valence-corrected chi connectivity index (χ3v) is 4.18. The van der Waals surface area contributed by atoms with Crippen molar-refractivity contribution in [2.75, 3.05) is 13.9 Å². The molecule has 0 aliphatic heterocycles. The average molecular weight is 212 g/mol. The Morgan fingerprint density at radius 3 is 2.67 bits per heavy atom. The molecule has 0 heterocycles. The lowest BCUT2D eigenvalue weighted by Crippen LogP contribution is -2.53. The van der Waals surface area contributed by atoms with Crippen molar-refractivity contribution in [3.8, 4) is 0 Å². The number of methoxy groups -OCH3 is 1. The van der Waals surface area contributed by atoms with E-state index in [9.17, 15) is 0 Å². The van der Waals surface area contributed by atoms with Gasteiger partial charge in [-0.05, 0) is 35.7 Å². The van der Waals surface area contributed by atoms with Crippen molar-refractivity contribution in [3.63, 3.8) is 0 Å². The monoisotopic (exact) mass is 212 g/mol. The lowest BCUT2D eigenvalue weighted by molar-refractivity contribution is -0.361. The van der Waals surface area contributed by atoms with E-state index in [1.165, 1.54) is 12.0 Å². The zero-order valence-corrected chi connectivity index (χ0v) is 9.79. The predicted octanol–water partition coefficient (Wildman–Crippen LogP) is 2.53. The first kappa shape index (κ1) is 11.1. The number of hydrogen-bond donors (Lipinski definition) is 0. The van der Waals surface area contributed by atoms with Gasteiger partial charge < -0.3 is 4.74 Å². The van der Waals surface area contributed by atoms with Crippen molar-refractivity contribution in [2.45, 2.75) is 32.8 Å². The molecular weight excluding hydrogens is 192 g/mol. The largest absolute Gasteiger partial charge is 0.355 e. The Morgan fingerprint density at radius 2 is 2.13 bits per heavy atom. The second-order valence-corrected chi connectivity index (χ2v) is 5.23. The van der Waals surface area contributed by atoms with Crippen LogP contribution in [0.25, 0.3) is 0 Å². The highest BCUT2D eigenvalue weighted by Gasteiger charge is 2.55. The Bertz CT molecular complexity index is 260. The van der Waals surface area contributed by atoms with Crippen LogP contribution in [-0.4, -0.2) is 20.0 Å². The summed E-state index contributed by atoms with van der Waals surface area (Å²) < 4.78 is 4.77. The molecule has 15 heavy (non-hydrogen) atoms. The highest BCUT2D eigenvalue weighted by atomic mass is 17.2. The van der Waals surface area contributed by atoms with Gasteiger partial charge in [-0.25, -0.2) is 9.78 Å². The fourth-order valence-electron chi connectivity index (χ4n) is 2.94. The van der Waals surface area contributed by atoms with Gasteiger partial charge in [-0.15, -0.1) is 0 Å². The van der Waals surface area contributed by atoms with Crippen LogP contribution in [0.3, 0.4) is 0 Å². The topological polar surface area (TPSA) is 27.7 Å². The van der Waals surface area contributed by atoms with E-state index >= 15 is 0 Å². The summed E-state index contributed by atoms with van der Waals surface area (Å²) in [6.07, 6.45) is 2.37. The molecule has 0 amide bonds. The molecule has 0 aromatic rings. The van der Waals surface area contributed by atoms with E-state index in [-0.39, 0.29) is 12.9 Å². The minimum atomic E-state index is 0.0666. The van der Waals surface area contributed by atoms with Gasteiger partial charge in [0.05, 0.1) is 0 Å². The van der Waals surface area contributed by atoms with E-state index in [2.05, 4.69) is 20.4 Å². The van der Waals surface area contributed by atoms with Gasteiger partial charge >= 0.3 is 0 Å². The van der Waals surface area contributed by atoms with Crippen LogP contribution >= 0.6 is 0 Å². The standard InChI is InChI=1S/C12H20O3/c1-8-10-5-9(12(10,2)3)6-11(8)15-14-7-13-4/h9-11H,1,5-7H2,2-4H3. The molecule has 0 saturated heterocycles. The summed E-state index contributed by atoms with van der Waals surface area (Å²) in [7, 11) is 1.58. The van der Waals surface area contributed by atoms with E-state index in [4.69, 9.17) is 14.5 Å². The third-order valence-electron chi connectivity index (χ3n) is 4.18. The molecule has 0 aromatic carbocycles. The van der Waals surface area contributed by atoms with Crippen LogP contribution in [0, 0.1) is 17.3 Å². The number of rotatable bonds is 4. The summed E-state index contributed by atoms with van der Waals surface area (Å²) in [5.74, 6) is 1.36. The van der Waals surface area contributed by atoms with Crippen molar-refractivity contribution in [2.24, 2.45) is 17.3 Å². The van der Waals surface area contributed by atoms with E-state index in [0.29, 0.717) is 11.3 Å². The molecular formula is C12H20O3. The average Bonchev–Trinajstić information content (AvgIpc) is 2.20. The molecule has 3 unspecified atom stereocenters. The molecule has 3 saturated carbocycles. The first-order valence-corrected chi connectivity index (χ1v) is 5.53. The van der Waals surface area contributed by atoms with E-state index in [1.54, 1.807) is 7.11 Å². The predicted molar refractivity (Wildman–Crippen MR) is 57.0 cm³/mol. The minimum Gasteiger partial charge on any atom is -0.355 e. The van der Waals surface area contributed by atoms with Gasteiger partial charge in [-0.1, -0.05) is 20.4 Å². The zero-order valence-electron chi connectivity index (χ0n) is 9.79. The molecule has 86 valence electrons. The third kappa shape index (κ3) is 1.73. The minimum absolute atomic E-state index is 0.0666. The Kier molecular flexibility index (Phi) is 2.88. The van der Waals surface area contributed by atoms with Crippen LogP contribution in [0.5, 0.6) is 0 Å². The fraction of sp³-hybridized carbons (Fsp3) is 0.833. The lowest BCUT2D eigenvalue weighted by atomic mass is 9.47. The van der Waals surface area contributed by atoms with Crippen LogP contribution in [0.2, 0.25) is 0 Å². The Labute approximate surface area is 91.3 Å². The van der Waals surface area contributed by atoms with Crippen LogP contribution < -0.4 is 0 Å².